The Labute approximate surface area is 236 Å². The lowest BCUT2D eigenvalue weighted by molar-refractivity contribution is 1.02. The number of nitriles is 4. The van der Waals surface area contributed by atoms with Gasteiger partial charge in [0.25, 0.3) is 0 Å². The minimum atomic E-state index is -0.0452. The lowest BCUT2D eigenvalue weighted by atomic mass is 9.96. The largest absolute Gasteiger partial charge is 0.378 e. The molecule has 0 N–H and O–H groups in total. The third-order valence-electron chi connectivity index (χ3n) is 6.66. The summed E-state index contributed by atoms with van der Waals surface area (Å²) in [4.78, 5) is 5.50. The molecule has 2 heterocycles. The molecule has 0 bridgehead atoms. The molecule has 1 atom stereocenters. The molecule has 0 fully saturated rings. The fourth-order valence-electron chi connectivity index (χ4n) is 4.80. The summed E-state index contributed by atoms with van der Waals surface area (Å²) in [5.74, 6) is 0. The maximum Gasteiger partial charge on any atom is 0.138 e. The van der Waals surface area contributed by atoms with Crippen molar-refractivity contribution in [2.24, 2.45) is 0 Å². The van der Waals surface area contributed by atoms with E-state index in [2.05, 4.69) is 41.3 Å². The molecule has 0 radical (unpaired) electrons. The van der Waals surface area contributed by atoms with Crippen LogP contribution in [0.3, 0.4) is 0 Å². The van der Waals surface area contributed by atoms with Gasteiger partial charge >= 0.3 is 0 Å². The first-order valence-electron chi connectivity index (χ1n) is 12.1. The van der Waals surface area contributed by atoms with Crippen LogP contribution in [0.15, 0.2) is 83.5 Å². The first kappa shape index (κ1) is 25.8. The van der Waals surface area contributed by atoms with E-state index in [0.29, 0.717) is 33.1 Å². The molecule has 0 spiro atoms. The van der Waals surface area contributed by atoms with Gasteiger partial charge in [-0.25, -0.2) is 0 Å². The number of thioether (sulfide) groups is 1. The highest BCUT2D eigenvalue weighted by Gasteiger charge is 2.32. The molecule has 0 saturated heterocycles. The van der Waals surface area contributed by atoms with Gasteiger partial charge in [0.05, 0.1) is 0 Å². The maximum atomic E-state index is 9.73. The third kappa shape index (κ3) is 4.79. The van der Waals surface area contributed by atoms with Gasteiger partial charge in [0.1, 0.15) is 35.4 Å². The van der Waals surface area contributed by atoms with E-state index in [4.69, 9.17) is 0 Å². The fraction of sp³-hybridized carbons (Fsp3) is 0.125. The Morgan fingerprint density at radius 3 is 1.95 bits per heavy atom. The SMILES string of the molecule is CN(C)c1ccc(C2=CCC(c3ccc(C=C4C(=C(C#N)C#N)c5ccccc5C4=C(C#N)C#N)s3)S2)cc1. The average molecular weight is 540 g/mol. The van der Waals surface area contributed by atoms with Crippen molar-refractivity contribution in [3.8, 4) is 24.3 Å². The van der Waals surface area contributed by atoms with Crippen LogP contribution in [0, 0.1) is 45.3 Å². The summed E-state index contributed by atoms with van der Waals surface area (Å²) < 4.78 is 0. The van der Waals surface area contributed by atoms with Gasteiger partial charge in [-0.3, -0.25) is 0 Å². The minimum Gasteiger partial charge on any atom is -0.378 e. The molecule has 2 aromatic carbocycles. The monoisotopic (exact) mass is 539 g/mol. The van der Waals surface area contributed by atoms with Gasteiger partial charge in [-0.15, -0.1) is 23.1 Å². The molecule has 39 heavy (non-hydrogen) atoms. The van der Waals surface area contributed by atoms with Crippen LogP contribution in [-0.2, 0) is 0 Å². The molecule has 7 heteroatoms. The lowest BCUT2D eigenvalue weighted by Crippen LogP contribution is -2.07. The Bertz CT molecular complexity index is 1670. The number of anilines is 1. The Hall–Kier alpha value is -4.79. The van der Waals surface area contributed by atoms with E-state index in [1.165, 1.54) is 15.3 Å². The topological polar surface area (TPSA) is 98.4 Å². The van der Waals surface area contributed by atoms with Crippen LogP contribution in [-0.4, -0.2) is 14.1 Å². The predicted octanol–water partition coefficient (Wildman–Crippen LogP) is 7.73. The number of nitrogens with zero attached hydrogens (tertiary/aromatic N) is 5. The molecule has 3 aromatic rings. The smallest absolute Gasteiger partial charge is 0.138 e. The highest BCUT2D eigenvalue weighted by Crippen LogP contribution is 2.51. The van der Waals surface area contributed by atoms with Crippen LogP contribution >= 0.6 is 23.1 Å². The molecule has 2 aliphatic rings. The van der Waals surface area contributed by atoms with Gasteiger partial charge in [-0.2, -0.15) is 21.0 Å². The molecule has 1 unspecified atom stereocenters. The van der Waals surface area contributed by atoms with E-state index in [1.807, 2.05) is 86.5 Å². The van der Waals surface area contributed by atoms with Crippen molar-refractivity contribution in [3.05, 3.63) is 110 Å². The Morgan fingerprint density at radius 1 is 0.821 bits per heavy atom. The fourth-order valence-corrected chi connectivity index (χ4v) is 7.20. The average Bonchev–Trinajstić information content (AvgIpc) is 3.70. The molecule has 1 aromatic heterocycles. The highest BCUT2D eigenvalue weighted by atomic mass is 32.2. The lowest BCUT2D eigenvalue weighted by Gasteiger charge is -2.13. The standard InChI is InChI=1S/C32H21N5S2/c1-37(2)23-9-7-20(8-10-23)28-13-14-30(39-28)29-12-11-24(38-29)15-27-31(21(16-33)17-34)25-5-3-4-6-26(25)32(27)22(18-35)19-36/h3-13,15,30H,14H2,1-2H3. The summed E-state index contributed by atoms with van der Waals surface area (Å²) in [6, 6.07) is 28.0. The zero-order valence-corrected chi connectivity index (χ0v) is 22.9. The quantitative estimate of drug-likeness (QED) is 0.315. The van der Waals surface area contributed by atoms with E-state index in [0.717, 1.165) is 17.0 Å². The predicted molar refractivity (Wildman–Crippen MR) is 159 cm³/mol. The van der Waals surface area contributed by atoms with Crippen molar-refractivity contribution in [2.75, 3.05) is 19.0 Å². The first-order chi connectivity index (χ1) is 19.0. The van der Waals surface area contributed by atoms with E-state index in [1.54, 1.807) is 11.3 Å². The summed E-state index contributed by atoms with van der Waals surface area (Å²) in [6.45, 7) is 0. The first-order valence-corrected chi connectivity index (χ1v) is 13.8. The van der Waals surface area contributed by atoms with Crippen LogP contribution < -0.4 is 4.90 Å². The summed E-state index contributed by atoms with van der Waals surface area (Å²) in [5, 5.41) is 39.2. The van der Waals surface area contributed by atoms with E-state index >= 15 is 0 Å². The van der Waals surface area contributed by atoms with E-state index < -0.39 is 0 Å². The number of thiophene rings is 1. The molecule has 0 saturated carbocycles. The Kier molecular flexibility index (Phi) is 7.23. The van der Waals surface area contributed by atoms with Gasteiger partial charge in [0.15, 0.2) is 0 Å². The molecule has 1 aliphatic heterocycles. The number of rotatable bonds is 4. The van der Waals surface area contributed by atoms with Crippen LogP contribution in [0.4, 0.5) is 5.69 Å². The van der Waals surface area contributed by atoms with Crippen LogP contribution in [0.5, 0.6) is 0 Å². The molecule has 0 amide bonds. The van der Waals surface area contributed by atoms with Crippen molar-refractivity contribution < 1.29 is 0 Å². The number of hydrogen-bond acceptors (Lipinski definition) is 7. The minimum absolute atomic E-state index is 0.0452. The number of allylic oxidation sites excluding steroid dienone is 6. The molecule has 5 nitrogen and oxygen atoms in total. The summed E-state index contributed by atoms with van der Waals surface area (Å²) >= 11 is 3.49. The van der Waals surface area contributed by atoms with Crippen molar-refractivity contribution >= 4 is 50.9 Å². The number of benzene rings is 2. The second-order valence-electron chi connectivity index (χ2n) is 9.14. The Morgan fingerprint density at radius 2 is 1.41 bits per heavy atom. The summed E-state index contributed by atoms with van der Waals surface area (Å²) in [6.07, 6.45) is 5.11. The van der Waals surface area contributed by atoms with E-state index in [-0.39, 0.29) is 11.1 Å². The Balaban J connectivity index is 1.50. The van der Waals surface area contributed by atoms with Crippen LogP contribution in [0.1, 0.15) is 38.1 Å². The summed E-state index contributed by atoms with van der Waals surface area (Å²) in [5.41, 5.74) is 5.12. The normalized spacial score (nSPS) is 15.4. The van der Waals surface area contributed by atoms with Gasteiger partial charge in [0, 0.05) is 50.8 Å². The number of fused-ring (bicyclic) bond motifs is 1. The van der Waals surface area contributed by atoms with Crippen molar-refractivity contribution in [1.82, 2.24) is 0 Å². The number of hydrogen-bond donors (Lipinski definition) is 0. The van der Waals surface area contributed by atoms with Gasteiger partial charge < -0.3 is 4.90 Å². The second-order valence-corrected chi connectivity index (χ2v) is 11.5. The second kappa shape index (κ2) is 10.9. The maximum absolute atomic E-state index is 9.73. The van der Waals surface area contributed by atoms with Gasteiger partial charge in [-0.05, 0) is 59.0 Å². The van der Waals surface area contributed by atoms with Crippen molar-refractivity contribution in [1.29, 1.82) is 21.0 Å². The van der Waals surface area contributed by atoms with Crippen molar-refractivity contribution in [2.45, 2.75) is 11.7 Å². The molecular weight excluding hydrogens is 519 g/mol. The molecule has 1 aliphatic carbocycles. The van der Waals surface area contributed by atoms with Crippen molar-refractivity contribution in [3.63, 3.8) is 0 Å². The van der Waals surface area contributed by atoms with E-state index in [9.17, 15) is 21.0 Å². The van der Waals surface area contributed by atoms with Crippen LogP contribution in [0.25, 0.3) is 22.1 Å². The van der Waals surface area contributed by atoms with Gasteiger partial charge in [-0.1, -0.05) is 42.5 Å². The third-order valence-corrected chi connectivity index (χ3v) is 9.34. The molecule has 186 valence electrons. The van der Waals surface area contributed by atoms with Gasteiger partial charge in [0.2, 0.25) is 0 Å². The summed E-state index contributed by atoms with van der Waals surface area (Å²) in [7, 11) is 4.06. The zero-order valence-electron chi connectivity index (χ0n) is 21.3. The highest BCUT2D eigenvalue weighted by molar-refractivity contribution is 8.08. The molecular formula is C32H21N5S2. The zero-order chi connectivity index (χ0) is 27.5. The van der Waals surface area contributed by atoms with Crippen LogP contribution in [0.2, 0.25) is 0 Å². The molecule has 5 rings (SSSR count).